The number of nitrogens with zero attached hydrogens (tertiary/aromatic N) is 5. The van der Waals surface area contributed by atoms with Crippen molar-refractivity contribution in [1.29, 1.82) is 0 Å². The summed E-state index contributed by atoms with van der Waals surface area (Å²) in [6, 6.07) is 9.35. The molecule has 1 fully saturated rings. The summed E-state index contributed by atoms with van der Waals surface area (Å²) in [5, 5.41) is 4.29. The lowest BCUT2D eigenvalue weighted by molar-refractivity contribution is 0.0577. The molecular formula is C20H23N5O. The lowest BCUT2D eigenvalue weighted by Crippen LogP contribution is -2.52. The molecular weight excluding hydrogens is 326 g/mol. The second kappa shape index (κ2) is 5.99. The molecule has 1 saturated heterocycles. The maximum absolute atomic E-state index is 13.0. The second-order valence-electron chi connectivity index (χ2n) is 7.39. The number of rotatable bonds is 2. The van der Waals surface area contributed by atoms with Crippen molar-refractivity contribution in [2.24, 2.45) is 7.05 Å². The predicted octanol–water partition coefficient (Wildman–Crippen LogP) is 1.60. The number of aryl methyl sites for hydroxylation is 1. The molecule has 0 atom stereocenters. The average molecular weight is 349 g/mol. The van der Waals surface area contributed by atoms with Crippen molar-refractivity contribution in [1.82, 2.24) is 24.0 Å². The van der Waals surface area contributed by atoms with Crippen LogP contribution in [-0.2, 0) is 19.9 Å². The number of hydrogen-bond acceptors (Lipinski definition) is 3. The molecule has 0 spiro atoms. The Morgan fingerprint density at radius 2 is 1.73 bits per heavy atom. The molecule has 0 bridgehead atoms. The maximum atomic E-state index is 13.0. The minimum Gasteiger partial charge on any atom is -0.336 e. The molecule has 3 heterocycles. The van der Waals surface area contributed by atoms with Crippen LogP contribution in [0.15, 0.2) is 42.9 Å². The number of fused-ring (bicyclic) bond motifs is 2. The van der Waals surface area contributed by atoms with Gasteiger partial charge in [0.05, 0.1) is 6.20 Å². The summed E-state index contributed by atoms with van der Waals surface area (Å²) in [6.07, 6.45) is 7.77. The average Bonchev–Trinajstić information content (AvgIpc) is 3.37. The Morgan fingerprint density at radius 1 is 1.04 bits per heavy atom. The number of benzene rings is 1. The van der Waals surface area contributed by atoms with Crippen LogP contribution in [0.1, 0.15) is 21.5 Å². The predicted molar refractivity (Wildman–Crippen MR) is 99.3 cm³/mol. The van der Waals surface area contributed by atoms with Crippen molar-refractivity contribution in [2.45, 2.75) is 18.9 Å². The summed E-state index contributed by atoms with van der Waals surface area (Å²) in [7, 11) is 1.95. The van der Waals surface area contributed by atoms with Crippen LogP contribution in [0.5, 0.6) is 0 Å². The Kier molecular flexibility index (Phi) is 3.60. The van der Waals surface area contributed by atoms with Crippen LogP contribution >= 0.6 is 0 Å². The fourth-order valence-electron chi connectivity index (χ4n) is 4.46. The summed E-state index contributed by atoms with van der Waals surface area (Å²) >= 11 is 0. The summed E-state index contributed by atoms with van der Waals surface area (Å²) in [4.78, 5) is 17.5. The standard InChI is InChI=1S/C20H23N5O/c1-22-6-11-25-19(22)18(14-21-25)20(26)24-9-7-23(8-10-24)17-12-15-4-2-3-5-16(15)13-17/h2-6,11,14,17H,7-10,12-13H2,1H3. The molecule has 0 N–H and O–H groups in total. The molecule has 1 aromatic carbocycles. The van der Waals surface area contributed by atoms with Crippen LogP contribution in [0.4, 0.5) is 0 Å². The van der Waals surface area contributed by atoms with Gasteiger partial charge in [0.15, 0.2) is 0 Å². The lowest BCUT2D eigenvalue weighted by Gasteiger charge is -2.38. The molecule has 5 rings (SSSR count). The van der Waals surface area contributed by atoms with E-state index in [1.807, 2.05) is 28.9 Å². The van der Waals surface area contributed by atoms with E-state index >= 15 is 0 Å². The van der Waals surface area contributed by atoms with E-state index < -0.39 is 0 Å². The van der Waals surface area contributed by atoms with Crippen molar-refractivity contribution in [3.63, 3.8) is 0 Å². The molecule has 1 amide bonds. The first-order valence-electron chi connectivity index (χ1n) is 9.29. The van der Waals surface area contributed by atoms with E-state index in [1.54, 1.807) is 10.7 Å². The fraction of sp³-hybridized carbons (Fsp3) is 0.400. The van der Waals surface area contributed by atoms with Gasteiger partial charge in [-0.05, 0) is 24.0 Å². The summed E-state index contributed by atoms with van der Waals surface area (Å²) in [5.74, 6) is 0.0937. The second-order valence-corrected chi connectivity index (χ2v) is 7.39. The highest BCUT2D eigenvalue weighted by atomic mass is 16.2. The minimum atomic E-state index is 0.0937. The first kappa shape index (κ1) is 15.6. The Balaban J connectivity index is 1.26. The Hall–Kier alpha value is -2.60. The minimum absolute atomic E-state index is 0.0937. The SMILES string of the molecule is Cn1ccn2ncc(C(=O)N3CCN(C4Cc5ccccc5C4)CC3)c12. The van der Waals surface area contributed by atoms with E-state index in [2.05, 4.69) is 34.3 Å². The normalized spacial score (nSPS) is 18.6. The van der Waals surface area contributed by atoms with Gasteiger partial charge in [0.25, 0.3) is 5.91 Å². The third-order valence-electron chi connectivity index (χ3n) is 5.91. The van der Waals surface area contributed by atoms with Gasteiger partial charge in [-0.2, -0.15) is 5.10 Å². The molecule has 0 radical (unpaired) electrons. The smallest absolute Gasteiger partial charge is 0.259 e. The van der Waals surface area contributed by atoms with Crippen LogP contribution in [0.3, 0.4) is 0 Å². The van der Waals surface area contributed by atoms with Gasteiger partial charge in [-0.1, -0.05) is 24.3 Å². The van der Waals surface area contributed by atoms with Gasteiger partial charge in [0.2, 0.25) is 0 Å². The monoisotopic (exact) mass is 349 g/mol. The van der Waals surface area contributed by atoms with Crippen LogP contribution in [0.25, 0.3) is 5.65 Å². The first-order chi connectivity index (χ1) is 12.7. The molecule has 1 aliphatic carbocycles. The van der Waals surface area contributed by atoms with Gasteiger partial charge >= 0.3 is 0 Å². The number of carbonyl (C=O) groups excluding carboxylic acids is 1. The molecule has 0 saturated carbocycles. The molecule has 0 unspecified atom stereocenters. The zero-order valence-corrected chi connectivity index (χ0v) is 15.0. The third-order valence-corrected chi connectivity index (χ3v) is 5.91. The van der Waals surface area contributed by atoms with Crippen molar-refractivity contribution in [2.75, 3.05) is 26.2 Å². The van der Waals surface area contributed by atoms with Gasteiger partial charge in [-0.3, -0.25) is 9.69 Å². The van der Waals surface area contributed by atoms with Gasteiger partial charge in [0, 0.05) is 51.7 Å². The molecule has 1 aliphatic heterocycles. The van der Waals surface area contributed by atoms with Crippen LogP contribution in [0, 0.1) is 0 Å². The van der Waals surface area contributed by atoms with Crippen molar-refractivity contribution in [3.05, 3.63) is 59.5 Å². The number of aromatic nitrogens is 3. The quantitative estimate of drug-likeness (QED) is 0.706. The molecule has 26 heavy (non-hydrogen) atoms. The van der Waals surface area contributed by atoms with Crippen molar-refractivity contribution in [3.8, 4) is 0 Å². The Bertz CT molecular complexity index is 939. The summed E-state index contributed by atoms with van der Waals surface area (Å²) < 4.78 is 3.71. The van der Waals surface area contributed by atoms with Gasteiger partial charge < -0.3 is 9.47 Å². The molecule has 3 aromatic rings. The molecule has 6 heteroatoms. The van der Waals surface area contributed by atoms with E-state index in [0.29, 0.717) is 11.6 Å². The Morgan fingerprint density at radius 3 is 2.42 bits per heavy atom. The van der Waals surface area contributed by atoms with Gasteiger partial charge in [-0.25, -0.2) is 4.52 Å². The molecule has 2 aliphatic rings. The van der Waals surface area contributed by atoms with Crippen molar-refractivity contribution >= 4 is 11.6 Å². The van der Waals surface area contributed by atoms with Crippen LogP contribution < -0.4 is 0 Å². The van der Waals surface area contributed by atoms with Crippen molar-refractivity contribution < 1.29 is 4.79 Å². The largest absolute Gasteiger partial charge is 0.336 e. The zero-order chi connectivity index (χ0) is 17.7. The van der Waals surface area contributed by atoms with E-state index in [0.717, 1.165) is 44.7 Å². The Labute approximate surface area is 152 Å². The topological polar surface area (TPSA) is 45.8 Å². The van der Waals surface area contributed by atoms with Gasteiger partial charge in [0.1, 0.15) is 11.2 Å². The lowest BCUT2D eigenvalue weighted by atomic mass is 10.1. The van der Waals surface area contributed by atoms with Crippen LogP contribution in [0.2, 0.25) is 0 Å². The molecule has 134 valence electrons. The van der Waals surface area contributed by atoms with E-state index in [1.165, 1.54) is 11.1 Å². The van der Waals surface area contributed by atoms with E-state index in [9.17, 15) is 4.79 Å². The van der Waals surface area contributed by atoms with E-state index in [4.69, 9.17) is 0 Å². The number of piperazine rings is 1. The molecule has 6 nitrogen and oxygen atoms in total. The fourth-order valence-corrected chi connectivity index (χ4v) is 4.46. The number of imidazole rings is 1. The van der Waals surface area contributed by atoms with E-state index in [-0.39, 0.29) is 5.91 Å². The highest BCUT2D eigenvalue weighted by molar-refractivity contribution is 5.99. The first-order valence-corrected chi connectivity index (χ1v) is 9.29. The van der Waals surface area contributed by atoms with Gasteiger partial charge in [-0.15, -0.1) is 0 Å². The summed E-state index contributed by atoms with van der Waals surface area (Å²) in [5.41, 5.74) is 4.53. The number of amides is 1. The molecule has 2 aromatic heterocycles. The summed E-state index contributed by atoms with van der Waals surface area (Å²) in [6.45, 7) is 3.46. The number of hydrogen-bond donors (Lipinski definition) is 0. The zero-order valence-electron chi connectivity index (χ0n) is 15.0. The van der Waals surface area contributed by atoms with Crippen LogP contribution in [-0.4, -0.2) is 62.1 Å². The third kappa shape index (κ3) is 2.44. The maximum Gasteiger partial charge on any atom is 0.259 e. The highest BCUT2D eigenvalue weighted by Gasteiger charge is 2.31. The highest BCUT2D eigenvalue weighted by Crippen LogP contribution is 2.26. The number of carbonyl (C=O) groups is 1.